The molecule has 0 aliphatic carbocycles. The van der Waals surface area contributed by atoms with Crippen LogP contribution in [0.3, 0.4) is 0 Å². The fraction of sp³-hybridized carbons (Fsp3) is 0.583. The van der Waals surface area contributed by atoms with E-state index in [0.29, 0.717) is 18.4 Å². The fourth-order valence-electron chi connectivity index (χ4n) is 2.87. The van der Waals surface area contributed by atoms with E-state index >= 15 is 0 Å². The Kier molecular flexibility index (Phi) is 3.31. The summed E-state index contributed by atoms with van der Waals surface area (Å²) in [5, 5.41) is 21.0. The molecule has 2 aliphatic heterocycles. The lowest BCUT2D eigenvalue weighted by Crippen LogP contribution is -3.10. The number of quaternary nitrogens is 1. The quantitative estimate of drug-likeness (QED) is 0.335. The number of rotatable bonds is 0. The third kappa shape index (κ3) is 1.77. The molecule has 1 spiro atoms. The predicted octanol–water partition coefficient (Wildman–Crippen LogP) is -0.956. The average molecular weight is 262 g/mol. The maximum Gasteiger partial charge on any atom is 0.243 e. The molecule has 1 atom stereocenters. The smallest absolute Gasteiger partial charge is 0.243 e. The Bertz CT molecular complexity index is 493. The van der Waals surface area contributed by atoms with Gasteiger partial charge < -0.3 is 15.6 Å². The standard InChI is InChI=1S/C12H13N4OS/c1-16-4-2-12(3-5-16)8(6-13)10(17)15-11(18)9(12)7-14/h8H,2-5H2,1H3,(H,15,17,18)/q-1/p+1/t8-/m1/s1. The Balaban J connectivity index is 2.49. The summed E-state index contributed by atoms with van der Waals surface area (Å²) in [5.41, 5.74) is -0.251. The largest absolute Gasteiger partial charge is 0.763 e. The normalized spacial score (nSPS) is 35.9. The van der Waals surface area contributed by atoms with E-state index in [1.54, 1.807) is 0 Å². The summed E-state index contributed by atoms with van der Waals surface area (Å²) in [6.45, 7) is 1.69. The Hall–Kier alpha value is -1.54. The van der Waals surface area contributed by atoms with Crippen LogP contribution in [0, 0.1) is 22.7 Å². The molecule has 5 nitrogen and oxygen atoms in total. The number of carbonyl (C=O) groups is 1. The Morgan fingerprint density at radius 1 is 1.56 bits per heavy atom. The van der Waals surface area contributed by atoms with Crippen LogP contribution in [0.2, 0.25) is 0 Å². The van der Waals surface area contributed by atoms with Gasteiger partial charge in [-0.3, -0.25) is 10.7 Å². The van der Waals surface area contributed by atoms with Crippen molar-refractivity contribution in [2.75, 3.05) is 20.1 Å². The summed E-state index contributed by atoms with van der Waals surface area (Å²) < 4.78 is 0. The van der Waals surface area contributed by atoms with E-state index in [0.717, 1.165) is 13.1 Å². The minimum atomic E-state index is -0.799. The molecule has 0 aromatic carbocycles. The van der Waals surface area contributed by atoms with Gasteiger partial charge in [0, 0.05) is 23.8 Å². The van der Waals surface area contributed by atoms with Crippen LogP contribution in [0.25, 0.3) is 5.41 Å². The third-order valence-electron chi connectivity index (χ3n) is 4.01. The number of hydrogen-bond acceptors (Lipinski definition) is 3. The first kappa shape index (κ1) is 12.9. The second kappa shape index (κ2) is 4.62. The molecule has 1 amide bonds. The van der Waals surface area contributed by atoms with Crippen molar-refractivity contribution in [3.8, 4) is 6.07 Å². The van der Waals surface area contributed by atoms with Crippen molar-refractivity contribution in [1.29, 1.82) is 5.26 Å². The number of thiocarbonyl (C=S) groups is 1. The maximum absolute atomic E-state index is 11.9. The molecule has 18 heavy (non-hydrogen) atoms. The number of nitriles is 1. The predicted molar refractivity (Wildman–Crippen MR) is 70.0 cm³/mol. The lowest BCUT2D eigenvalue weighted by molar-refractivity contribution is -0.887. The van der Waals surface area contributed by atoms with E-state index in [1.165, 1.54) is 4.90 Å². The van der Waals surface area contributed by atoms with Crippen LogP contribution in [-0.2, 0) is 4.79 Å². The number of carbonyl (C=O) groups excluding carboxylic acids is 1. The van der Waals surface area contributed by atoms with E-state index < -0.39 is 11.3 Å². The lowest BCUT2D eigenvalue weighted by atomic mass is 9.62. The zero-order valence-corrected chi connectivity index (χ0v) is 10.9. The van der Waals surface area contributed by atoms with Gasteiger partial charge in [0.05, 0.1) is 26.2 Å². The molecule has 2 heterocycles. The first-order valence-electron chi connectivity index (χ1n) is 5.89. The van der Waals surface area contributed by atoms with E-state index in [9.17, 15) is 15.5 Å². The first-order chi connectivity index (χ1) is 8.55. The van der Waals surface area contributed by atoms with E-state index in [4.69, 9.17) is 12.2 Å². The molecule has 0 bridgehead atoms. The van der Waals surface area contributed by atoms with Gasteiger partial charge >= 0.3 is 0 Å². The van der Waals surface area contributed by atoms with Crippen molar-refractivity contribution >= 4 is 29.0 Å². The summed E-state index contributed by atoms with van der Waals surface area (Å²) >= 11 is 5.08. The number of hydrogen-bond donors (Lipinski definition) is 2. The minimum absolute atomic E-state index is 0.202. The second-order valence-corrected chi connectivity index (χ2v) is 5.39. The molecule has 2 rings (SSSR count). The Morgan fingerprint density at radius 3 is 2.67 bits per heavy atom. The van der Waals surface area contributed by atoms with E-state index in [1.807, 2.05) is 0 Å². The summed E-state index contributed by atoms with van der Waals surface area (Å²) in [7, 11) is 2.07. The molecule has 0 unspecified atom stereocenters. The van der Waals surface area contributed by atoms with Crippen molar-refractivity contribution in [2.45, 2.75) is 12.8 Å². The molecule has 2 N–H and O–H groups in total. The van der Waals surface area contributed by atoms with Gasteiger partial charge in [-0.25, -0.2) is 0 Å². The minimum Gasteiger partial charge on any atom is -0.763 e. The lowest BCUT2D eigenvalue weighted by Gasteiger charge is -2.45. The number of likely N-dealkylation sites (tertiary alicyclic amines) is 1. The van der Waals surface area contributed by atoms with Crippen molar-refractivity contribution in [2.24, 2.45) is 11.3 Å². The van der Waals surface area contributed by atoms with Crippen LogP contribution >= 0.6 is 12.2 Å². The van der Waals surface area contributed by atoms with Gasteiger partial charge in [-0.2, -0.15) is 5.26 Å². The first-order valence-corrected chi connectivity index (χ1v) is 6.29. The highest BCUT2D eigenvalue weighted by molar-refractivity contribution is 7.80. The highest BCUT2D eigenvalue weighted by atomic mass is 32.1. The van der Waals surface area contributed by atoms with Crippen molar-refractivity contribution in [1.82, 2.24) is 5.32 Å². The monoisotopic (exact) mass is 262 g/mol. The van der Waals surface area contributed by atoms with Gasteiger partial charge in [0.15, 0.2) is 0 Å². The summed E-state index contributed by atoms with van der Waals surface area (Å²) in [6, 6.07) is 2.06. The van der Waals surface area contributed by atoms with Crippen LogP contribution in [0.1, 0.15) is 12.8 Å². The maximum atomic E-state index is 11.9. The molecular formula is C12H14N4OS. The van der Waals surface area contributed by atoms with Gasteiger partial charge in [0.1, 0.15) is 10.9 Å². The zero-order valence-electron chi connectivity index (χ0n) is 10.1. The highest BCUT2D eigenvalue weighted by Gasteiger charge is 2.52. The van der Waals surface area contributed by atoms with Crippen LogP contribution in [0.5, 0.6) is 0 Å². The van der Waals surface area contributed by atoms with Gasteiger partial charge in [0.25, 0.3) is 0 Å². The number of piperidine rings is 2. The van der Waals surface area contributed by atoms with Gasteiger partial charge in [-0.15, -0.1) is 0 Å². The molecule has 6 heteroatoms. The van der Waals surface area contributed by atoms with Gasteiger partial charge in [-0.05, 0) is 0 Å². The molecule has 2 saturated heterocycles. The zero-order chi connectivity index (χ0) is 13.3. The van der Waals surface area contributed by atoms with Crippen LogP contribution in [0.15, 0.2) is 5.57 Å². The third-order valence-corrected chi connectivity index (χ3v) is 4.32. The van der Waals surface area contributed by atoms with Crippen LogP contribution in [-0.4, -0.2) is 36.9 Å². The Labute approximate surface area is 111 Å². The molecule has 0 radical (unpaired) electrons. The molecule has 94 valence electrons. The SMILES string of the molecule is C[NH+]1CCC2(CC1)C(=C=[N-])C(=S)NC(=O)[C@H]2C#N. The Morgan fingerprint density at radius 2 is 2.17 bits per heavy atom. The number of amides is 1. The van der Waals surface area contributed by atoms with Crippen LogP contribution in [0.4, 0.5) is 0 Å². The number of nitrogens with one attached hydrogen (secondary N) is 2. The van der Waals surface area contributed by atoms with Crippen molar-refractivity contribution in [3.63, 3.8) is 0 Å². The second-order valence-electron chi connectivity index (χ2n) is 4.98. The molecular weight excluding hydrogens is 248 g/mol. The van der Waals surface area contributed by atoms with Crippen molar-refractivity contribution in [3.05, 3.63) is 11.0 Å². The van der Waals surface area contributed by atoms with E-state index in [-0.39, 0.29) is 10.9 Å². The summed E-state index contributed by atoms with van der Waals surface area (Å²) in [5.74, 6) is 0.955. The average Bonchev–Trinajstić information content (AvgIpc) is 2.33. The molecule has 0 saturated carbocycles. The molecule has 0 aromatic rings. The summed E-state index contributed by atoms with van der Waals surface area (Å²) in [6.07, 6.45) is 1.32. The van der Waals surface area contributed by atoms with Crippen LogP contribution < -0.4 is 10.2 Å². The summed E-state index contributed by atoms with van der Waals surface area (Å²) in [4.78, 5) is 13.5. The number of nitrogens with zero attached hydrogens (tertiary/aromatic N) is 2. The van der Waals surface area contributed by atoms with E-state index in [2.05, 4.69) is 24.3 Å². The van der Waals surface area contributed by atoms with Gasteiger partial charge in [0.2, 0.25) is 5.91 Å². The molecule has 0 aromatic heterocycles. The topological polar surface area (TPSA) is 79.6 Å². The molecule has 2 fully saturated rings. The molecule has 2 aliphatic rings. The van der Waals surface area contributed by atoms with Gasteiger partial charge in [-0.1, -0.05) is 12.2 Å². The highest BCUT2D eigenvalue weighted by Crippen LogP contribution is 2.44. The van der Waals surface area contributed by atoms with Crippen molar-refractivity contribution < 1.29 is 9.69 Å². The fourth-order valence-corrected chi connectivity index (χ4v) is 3.22.